The summed E-state index contributed by atoms with van der Waals surface area (Å²) >= 11 is 0. The molecule has 2 aliphatic heterocycles. The Hall–Kier alpha value is -4.13. The first-order valence-corrected chi connectivity index (χ1v) is 15.4. The van der Waals surface area contributed by atoms with Crippen LogP contribution in [0.5, 0.6) is 0 Å². The van der Waals surface area contributed by atoms with Gasteiger partial charge in [-0.25, -0.2) is 27.9 Å². The number of fused-ring (bicyclic) bond motifs is 2. The van der Waals surface area contributed by atoms with Crippen LogP contribution in [-0.4, -0.2) is 85.5 Å². The Morgan fingerprint density at radius 1 is 0.878 bits per heavy atom. The summed E-state index contributed by atoms with van der Waals surface area (Å²) in [7, 11) is -3.83. The van der Waals surface area contributed by atoms with Crippen LogP contribution in [-0.2, 0) is 20.3 Å². The molecule has 0 amide bonds. The lowest BCUT2D eigenvalue weighted by molar-refractivity contribution is 0.123. The average Bonchev–Trinajstić information content (AvgIpc) is 3.39. The van der Waals surface area contributed by atoms with Crippen molar-refractivity contribution in [2.24, 2.45) is 0 Å². The van der Waals surface area contributed by atoms with E-state index in [-0.39, 0.29) is 10.8 Å². The Labute approximate surface area is 237 Å². The smallest absolute Gasteiger partial charge is 0.201 e. The van der Waals surface area contributed by atoms with Crippen LogP contribution in [0.1, 0.15) is 5.69 Å². The third kappa shape index (κ3) is 4.98. The van der Waals surface area contributed by atoms with Crippen molar-refractivity contribution in [2.45, 2.75) is 10.8 Å². The van der Waals surface area contributed by atoms with Crippen molar-refractivity contribution in [3.8, 4) is 11.3 Å². The highest BCUT2D eigenvalue weighted by Crippen LogP contribution is 2.32. The summed E-state index contributed by atoms with van der Waals surface area (Å²) in [5, 5.41) is 8.89. The highest BCUT2D eigenvalue weighted by Gasteiger charge is 2.27. The molecule has 4 aromatic heterocycles. The zero-order chi connectivity index (χ0) is 27.8. The topological polar surface area (TPSA) is 118 Å². The number of piperazine rings is 1. The first-order valence-electron chi connectivity index (χ1n) is 13.8. The van der Waals surface area contributed by atoms with Crippen molar-refractivity contribution in [2.75, 3.05) is 62.3 Å². The Bertz CT molecular complexity index is 1810. The van der Waals surface area contributed by atoms with E-state index in [1.807, 2.05) is 42.5 Å². The molecule has 41 heavy (non-hydrogen) atoms. The standard InChI is InChI=1S/C29H30N8O3S/c38-41(39,27-8-6-21-3-1-2-4-23(21)33-27)20-24-28(22-5-7-26(31-19-22)36-13-11-30-12-14-36)37-29(34-24)25(9-10-32-37)35-15-17-40-18-16-35/h1-10,19,30H,11-18,20H2. The molecule has 0 aliphatic carbocycles. The lowest BCUT2D eigenvalue weighted by Gasteiger charge is -2.28. The quantitative estimate of drug-likeness (QED) is 0.326. The molecule has 11 nitrogen and oxygen atoms in total. The number of rotatable bonds is 6. The van der Waals surface area contributed by atoms with Crippen molar-refractivity contribution in [3.05, 3.63) is 72.7 Å². The summed E-state index contributed by atoms with van der Waals surface area (Å²) in [6, 6.07) is 16.7. The number of hydrogen-bond acceptors (Lipinski definition) is 10. The lowest BCUT2D eigenvalue weighted by Crippen LogP contribution is -2.43. The minimum atomic E-state index is -3.83. The lowest BCUT2D eigenvalue weighted by atomic mass is 10.2. The SMILES string of the molecule is O=S(=O)(Cc1nc2c(N3CCOCC3)ccnn2c1-c1ccc(N2CCNCC2)nc1)c1ccc2ccccc2n1. The predicted molar refractivity (Wildman–Crippen MR) is 157 cm³/mol. The van der Waals surface area contributed by atoms with E-state index in [9.17, 15) is 8.42 Å². The maximum atomic E-state index is 13.8. The second-order valence-corrected chi connectivity index (χ2v) is 12.1. The van der Waals surface area contributed by atoms with Crippen LogP contribution in [0, 0.1) is 0 Å². The Morgan fingerprint density at radius 3 is 2.51 bits per heavy atom. The number of sulfone groups is 1. The van der Waals surface area contributed by atoms with Crippen molar-refractivity contribution >= 4 is 37.9 Å². The van der Waals surface area contributed by atoms with E-state index in [1.54, 1.807) is 29.0 Å². The number of nitrogens with one attached hydrogen (secondary N) is 1. The van der Waals surface area contributed by atoms with Gasteiger partial charge < -0.3 is 19.9 Å². The zero-order valence-electron chi connectivity index (χ0n) is 22.5. The van der Waals surface area contributed by atoms with Gasteiger partial charge in [0.2, 0.25) is 9.84 Å². The molecule has 7 rings (SSSR count). The summed E-state index contributed by atoms with van der Waals surface area (Å²) < 4.78 is 34.8. The fourth-order valence-electron chi connectivity index (χ4n) is 5.50. The normalized spacial score (nSPS) is 16.5. The van der Waals surface area contributed by atoms with Gasteiger partial charge >= 0.3 is 0 Å². The van der Waals surface area contributed by atoms with Crippen molar-refractivity contribution in [1.29, 1.82) is 0 Å². The zero-order valence-corrected chi connectivity index (χ0v) is 23.3. The summed E-state index contributed by atoms with van der Waals surface area (Å²) in [4.78, 5) is 18.6. The average molecular weight is 571 g/mol. The predicted octanol–water partition coefficient (Wildman–Crippen LogP) is 2.56. The van der Waals surface area contributed by atoms with E-state index in [1.165, 1.54) is 0 Å². The van der Waals surface area contributed by atoms with Crippen molar-refractivity contribution in [3.63, 3.8) is 0 Å². The third-order valence-electron chi connectivity index (χ3n) is 7.60. The summed E-state index contributed by atoms with van der Waals surface area (Å²) in [5.74, 6) is 0.569. The molecule has 0 radical (unpaired) electrons. The van der Waals surface area contributed by atoms with E-state index < -0.39 is 9.84 Å². The number of imidazole rings is 1. The van der Waals surface area contributed by atoms with Gasteiger partial charge in [-0.2, -0.15) is 5.10 Å². The van der Waals surface area contributed by atoms with Gasteiger partial charge in [-0.1, -0.05) is 18.2 Å². The van der Waals surface area contributed by atoms with Crippen LogP contribution >= 0.6 is 0 Å². The summed E-state index contributed by atoms with van der Waals surface area (Å²) in [5.41, 5.74) is 3.89. The second kappa shape index (κ2) is 10.7. The van der Waals surface area contributed by atoms with Crippen LogP contribution in [0.4, 0.5) is 11.5 Å². The number of anilines is 2. The molecular weight excluding hydrogens is 540 g/mol. The number of pyridine rings is 2. The molecule has 0 spiro atoms. The largest absolute Gasteiger partial charge is 0.378 e. The van der Waals surface area contributed by atoms with Gasteiger partial charge in [0.25, 0.3) is 0 Å². The Kier molecular flexibility index (Phi) is 6.73. The second-order valence-electron chi connectivity index (χ2n) is 10.2. The van der Waals surface area contributed by atoms with Gasteiger partial charge in [-0.15, -0.1) is 0 Å². The molecule has 1 aromatic carbocycles. The highest BCUT2D eigenvalue weighted by molar-refractivity contribution is 7.90. The Morgan fingerprint density at radius 2 is 1.71 bits per heavy atom. The van der Waals surface area contributed by atoms with Crippen molar-refractivity contribution in [1.82, 2.24) is 29.9 Å². The van der Waals surface area contributed by atoms with E-state index in [2.05, 4.69) is 25.2 Å². The van der Waals surface area contributed by atoms with Gasteiger partial charge in [-0.05, 0) is 36.4 Å². The molecule has 1 N–H and O–H groups in total. The minimum absolute atomic E-state index is 0.0211. The minimum Gasteiger partial charge on any atom is -0.378 e. The molecule has 2 fully saturated rings. The molecule has 2 saturated heterocycles. The van der Waals surface area contributed by atoms with Crippen molar-refractivity contribution < 1.29 is 13.2 Å². The summed E-state index contributed by atoms with van der Waals surface area (Å²) in [6.45, 7) is 6.27. The van der Waals surface area contributed by atoms with Gasteiger partial charge in [-0.3, -0.25) is 0 Å². The Balaban J connectivity index is 1.33. The fourth-order valence-corrected chi connectivity index (χ4v) is 6.72. The number of nitrogens with zero attached hydrogens (tertiary/aromatic N) is 7. The van der Waals surface area contributed by atoms with Crippen LogP contribution in [0.2, 0.25) is 0 Å². The van der Waals surface area contributed by atoms with Gasteiger partial charge in [0.05, 0.1) is 42.0 Å². The highest BCUT2D eigenvalue weighted by atomic mass is 32.2. The van der Waals surface area contributed by atoms with Gasteiger partial charge in [0.15, 0.2) is 10.7 Å². The molecule has 12 heteroatoms. The monoisotopic (exact) mass is 570 g/mol. The maximum absolute atomic E-state index is 13.8. The number of aromatic nitrogens is 5. The summed E-state index contributed by atoms with van der Waals surface area (Å²) in [6.07, 6.45) is 3.52. The molecular formula is C29H30N8O3S. The van der Waals surface area contributed by atoms with Crippen LogP contribution in [0.3, 0.4) is 0 Å². The van der Waals surface area contributed by atoms with E-state index in [4.69, 9.17) is 14.7 Å². The molecule has 0 atom stereocenters. The van der Waals surface area contributed by atoms with E-state index in [0.717, 1.165) is 61.7 Å². The molecule has 0 bridgehead atoms. The van der Waals surface area contributed by atoms with E-state index in [0.29, 0.717) is 35.8 Å². The van der Waals surface area contributed by atoms with Crippen LogP contribution < -0.4 is 15.1 Å². The molecule has 6 heterocycles. The first-order chi connectivity index (χ1) is 20.1. The molecule has 0 unspecified atom stereocenters. The molecule has 2 aliphatic rings. The first kappa shape index (κ1) is 25.8. The van der Waals surface area contributed by atoms with Gasteiger partial charge in [0, 0.05) is 56.4 Å². The van der Waals surface area contributed by atoms with Crippen LogP contribution in [0.25, 0.3) is 27.8 Å². The number of hydrogen-bond donors (Lipinski definition) is 1. The third-order valence-corrected chi connectivity index (χ3v) is 9.12. The molecule has 210 valence electrons. The number of ether oxygens (including phenoxy) is 1. The number of benzene rings is 1. The van der Waals surface area contributed by atoms with Gasteiger partial charge in [0.1, 0.15) is 11.6 Å². The maximum Gasteiger partial charge on any atom is 0.201 e. The molecule has 0 saturated carbocycles. The van der Waals surface area contributed by atoms with Crippen LogP contribution in [0.15, 0.2) is 72.0 Å². The van der Waals surface area contributed by atoms with E-state index >= 15 is 0 Å². The number of morpholine rings is 1. The number of para-hydroxylation sites is 1. The molecule has 5 aromatic rings. The fraction of sp³-hybridized carbons (Fsp3) is 0.310.